The van der Waals surface area contributed by atoms with Gasteiger partial charge in [-0.25, -0.2) is 4.79 Å². The van der Waals surface area contributed by atoms with E-state index in [1.807, 2.05) is 0 Å². The number of rotatable bonds is 8. The molecule has 4 N–H and O–H groups in total. The summed E-state index contributed by atoms with van der Waals surface area (Å²) in [5.41, 5.74) is 9.01. The number of carbonyl (C=O) groups is 1. The highest BCUT2D eigenvalue weighted by Gasteiger charge is 2.27. The largest absolute Gasteiger partial charge is 0.493 e. The van der Waals surface area contributed by atoms with E-state index >= 15 is 0 Å². The van der Waals surface area contributed by atoms with Crippen LogP contribution >= 0.6 is 0 Å². The summed E-state index contributed by atoms with van der Waals surface area (Å²) < 4.78 is 16.3. The molecule has 1 aromatic carbocycles. The van der Waals surface area contributed by atoms with Crippen molar-refractivity contribution < 1.29 is 24.1 Å². The Labute approximate surface area is 152 Å². The third kappa shape index (κ3) is 3.25. The molecule has 7 heteroatoms. The Bertz CT molecular complexity index is 839. The zero-order valence-electron chi connectivity index (χ0n) is 15.4. The fourth-order valence-corrected chi connectivity index (χ4v) is 3.07. The van der Waals surface area contributed by atoms with Gasteiger partial charge in [0.25, 0.3) is 0 Å². The molecule has 0 radical (unpaired) electrons. The minimum Gasteiger partial charge on any atom is -0.493 e. The van der Waals surface area contributed by atoms with E-state index in [0.29, 0.717) is 58.2 Å². The number of hydrogen-bond donors (Lipinski definition) is 3. The number of aromatic carboxylic acids is 1. The molecule has 7 nitrogen and oxygen atoms in total. The number of benzene rings is 1. The Morgan fingerprint density at radius 2 is 1.85 bits per heavy atom. The molecule has 0 spiro atoms. The van der Waals surface area contributed by atoms with Crippen LogP contribution < -0.4 is 19.9 Å². The summed E-state index contributed by atoms with van der Waals surface area (Å²) >= 11 is 0. The van der Waals surface area contributed by atoms with Crippen molar-refractivity contribution >= 4 is 11.5 Å². The van der Waals surface area contributed by atoms with E-state index in [1.54, 1.807) is 19.1 Å². The van der Waals surface area contributed by atoms with Crippen LogP contribution in [0.3, 0.4) is 0 Å². The molecule has 0 atom stereocenters. The highest BCUT2D eigenvalue weighted by molar-refractivity contribution is 5.99. The predicted molar refractivity (Wildman–Crippen MR) is 100 cm³/mol. The lowest BCUT2D eigenvalue weighted by Crippen LogP contribution is -2.05. The minimum absolute atomic E-state index is 0.0767. The number of allylic oxidation sites excluding steroid dienone is 1. The summed E-state index contributed by atoms with van der Waals surface area (Å²) in [7, 11) is 4.58. The van der Waals surface area contributed by atoms with Gasteiger partial charge in [0.05, 0.1) is 21.3 Å². The number of hydrogen-bond acceptors (Lipinski definition) is 5. The topological polar surface area (TPSA) is 107 Å². The average Bonchev–Trinajstić information content (AvgIpc) is 3.00. The van der Waals surface area contributed by atoms with Gasteiger partial charge in [-0.3, -0.25) is 0 Å². The van der Waals surface area contributed by atoms with Gasteiger partial charge in [0, 0.05) is 28.8 Å². The Morgan fingerprint density at radius 3 is 2.31 bits per heavy atom. The van der Waals surface area contributed by atoms with E-state index in [1.165, 1.54) is 21.3 Å². The van der Waals surface area contributed by atoms with Gasteiger partial charge in [-0.2, -0.15) is 0 Å². The normalized spacial score (nSPS) is 10.5. The second-order valence-corrected chi connectivity index (χ2v) is 5.73. The summed E-state index contributed by atoms with van der Waals surface area (Å²) in [6.45, 7) is 6.07. The number of ether oxygens (including phenoxy) is 3. The first-order valence-electron chi connectivity index (χ1n) is 8.04. The van der Waals surface area contributed by atoms with E-state index in [9.17, 15) is 9.90 Å². The van der Waals surface area contributed by atoms with Crippen molar-refractivity contribution in [3.05, 3.63) is 35.7 Å². The van der Waals surface area contributed by atoms with Gasteiger partial charge in [-0.05, 0) is 31.2 Å². The zero-order chi connectivity index (χ0) is 19.4. The lowest BCUT2D eigenvalue weighted by Gasteiger charge is -2.17. The molecule has 0 aliphatic heterocycles. The third-order valence-electron chi connectivity index (χ3n) is 4.09. The van der Waals surface area contributed by atoms with E-state index < -0.39 is 5.97 Å². The SMILES string of the molecule is C=C(C)c1c(C(=O)O)[nH]c(CCN)c1-c1ccc(OC)c(OC)c1OC. The second-order valence-electron chi connectivity index (χ2n) is 5.73. The Hall–Kier alpha value is -2.93. The second kappa shape index (κ2) is 7.97. The van der Waals surface area contributed by atoms with Gasteiger partial charge in [-0.15, -0.1) is 0 Å². The molecule has 140 valence electrons. The van der Waals surface area contributed by atoms with Crippen LogP contribution in [0.25, 0.3) is 16.7 Å². The predicted octanol–water partition coefficient (Wildman–Crippen LogP) is 2.94. The zero-order valence-corrected chi connectivity index (χ0v) is 15.4. The number of methoxy groups -OCH3 is 3. The molecular formula is C19H24N2O5. The number of H-pyrrole nitrogens is 1. The van der Waals surface area contributed by atoms with Crippen LogP contribution in [0.5, 0.6) is 17.2 Å². The Morgan fingerprint density at radius 1 is 1.19 bits per heavy atom. The van der Waals surface area contributed by atoms with E-state index in [0.717, 1.165) is 0 Å². The summed E-state index contributed by atoms with van der Waals surface area (Å²) in [4.78, 5) is 14.7. The van der Waals surface area contributed by atoms with Gasteiger partial charge in [0.2, 0.25) is 5.75 Å². The molecular weight excluding hydrogens is 336 g/mol. The first-order chi connectivity index (χ1) is 12.4. The first kappa shape index (κ1) is 19.4. The molecule has 26 heavy (non-hydrogen) atoms. The summed E-state index contributed by atoms with van der Waals surface area (Å²) in [6, 6.07) is 3.56. The molecule has 0 unspecified atom stereocenters. The number of nitrogens with one attached hydrogen (secondary N) is 1. The summed E-state index contributed by atoms with van der Waals surface area (Å²) in [5, 5.41) is 9.60. The van der Waals surface area contributed by atoms with Crippen molar-refractivity contribution in [1.82, 2.24) is 4.98 Å². The maximum atomic E-state index is 11.7. The molecule has 2 aromatic rings. The van der Waals surface area contributed by atoms with Crippen LogP contribution in [-0.2, 0) is 6.42 Å². The van der Waals surface area contributed by atoms with E-state index in [4.69, 9.17) is 19.9 Å². The minimum atomic E-state index is -1.06. The molecule has 0 amide bonds. The fraction of sp³-hybridized carbons (Fsp3) is 0.316. The summed E-state index contributed by atoms with van der Waals surface area (Å²) in [5.74, 6) is 0.326. The average molecular weight is 360 g/mol. The van der Waals surface area contributed by atoms with Gasteiger partial charge < -0.3 is 30.0 Å². The van der Waals surface area contributed by atoms with Crippen LogP contribution in [-0.4, -0.2) is 43.9 Å². The standard InChI is InChI=1S/C19H24N2O5/c1-10(2)14-15(12(8-9-20)21-16(14)19(22)23)11-6-7-13(24-3)18(26-5)17(11)25-4/h6-7,21H,1,8-9,20H2,2-5H3,(H,22,23). The lowest BCUT2D eigenvalue weighted by molar-refractivity contribution is 0.0690. The van der Waals surface area contributed by atoms with E-state index in [-0.39, 0.29) is 5.69 Å². The first-order valence-corrected chi connectivity index (χ1v) is 8.04. The Kier molecular flexibility index (Phi) is 5.94. The highest BCUT2D eigenvalue weighted by Crippen LogP contribution is 2.47. The lowest BCUT2D eigenvalue weighted by atomic mass is 9.94. The molecule has 0 fully saturated rings. The molecule has 0 bridgehead atoms. The number of aromatic nitrogens is 1. The summed E-state index contributed by atoms with van der Waals surface area (Å²) in [6.07, 6.45) is 0.473. The van der Waals surface area contributed by atoms with Crippen LogP contribution in [0.1, 0.15) is 28.7 Å². The van der Waals surface area contributed by atoms with Crippen LogP contribution in [0.2, 0.25) is 0 Å². The Balaban J connectivity index is 2.91. The van der Waals surface area contributed by atoms with Crippen LogP contribution in [0.15, 0.2) is 18.7 Å². The monoisotopic (exact) mass is 360 g/mol. The number of carboxylic acid groups (broad SMARTS) is 1. The maximum Gasteiger partial charge on any atom is 0.352 e. The van der Waals surface area contributed by atoms with Crippen molar-refractivity contribution in [3.63, 3.8) is 0 Å². The van der Waals surface area contributed by atoms with Crippen molar-refractivity contribution in [1.29, 1.82) is 0 Å². The van der Waals surface area contributed by atoms with Gasteiger partial charge in [0.15, 0.2) is 11.5 Å². The van der Waals surface area contributed by atoms with Crippen LogP contribution in [0.4, 0.5) is 0 Å². The van der Waals surface area contributed by atoms with Gasteiger partial charge in [0.1, 0.15) is 5.69 Å². The molecule has 0 aliphatic rings. The molecule has 2 rings (SSSR count). The van der Waals surface area contributed by atoms with Crippen molar-refractivity contribution in [2.75, 3.05) is 27.9 Å². The fourth-order valence-electron chi connectivity index (χ4n) is 3.07. The number of nitrogens with two attached hydrogens (primary N) is 1. The molecule has 1 aromatic heterocycles. The van der Waals surface area contributed by atoms with Crippen LogP contribution in [0, 0.1) is 0 Å². The number of carboxylic acids is 1. The third-order valence-corrected chi connectivity index (χ3v) is 4.09. The van der Waals surface area contributed by atoms with Crippen molar-refractivity contribution in [3.8, 4) is 28.4 Å². The molecule has 0 saturated carbocycles. The highest BCUT2D eigenvalue weighted by atomic mass is 16.5. The molecule has 1 heterocycles. The number of aromatic amines is 1. The molecule has 0 saturated heterocycles. The van der Waals surface area contributed by atoms with Crippen molar-refractivity contribution in [2.45, 2.75) is 13.3 Å². The quantitative estimate of drug-likeness (QED) is 0.668. The maximum absolute atomic E-state index is 11.7. The van der Waals surface area contributed by atoms with Gasteiger partial charge >= 0.3 is 5.97 Å². The van der Waals surface area contributed by atoms with E-state index in [2.05, 4.69) is 11.6 Å². The smallest absolute Gasteiger partial charge is 0.352 e. The molecule has 0 aliphatic carbocycles. The van der Waals surface area contributed by atoms with Crippen molar-refractivity contribution in [2.24, 2.45) is 5.73 Å². The van der Waals surface area contributed by atoms with Gasteiger partial charge in [-0.1, -0.05) is 6.58 Å².